The Morgan fingerprint density at radius 1 is 1.47 bits per heavy atom. The molecule has 0 spiro atoms. The molecule has 1 aromatic heterocycles. The molecular weight excluding hydrogens is 260 g/mol. The molecule has 1 aliphatic rings. The second-order valence-corrected chi connectivity index (χ2v) is 5.82. The van der Waals surface area contributed by atoms with E-state index in [4.69, 9.17) is 4.74 Å². The summed E-state index contributed by atoms with van der Waals surface area (Å²) in [6, 6.07) is 7.85. The molecule has 1 aromatic carbocycles. The summed E-state index contributed by atoms with van der Waals surface area (Å²) in [6.07, 6.45) is 2.47. The van der Waals surface area contributed by atoms with Gasteiger partial charge in [-0.25, -0.2) is 4.98 Å². The molecule has 1 amide bonds. The second-order valence-electron chi connectivity index (χ2n) is 4.59. The van der Waals surface area contributed by atoms with Crippen LogP contribution in [0.3, 0.4) is 0 Å². The van der Waals surface area contributed by atoms with Crippen LogP contribution >= 0.6 is 11.3 Å². The van der Waals surface area contributed by atoms with Gasteiger partial charge in [0, 0.05) is 11.1 Å². The van der Waals surface area contributed by atoms with Gasteiger partial charge in [0.2, 0.25) is 5.91 Å². The predicted octanol–water partition coefficient (Wildman–Crippen LogP) is 2.64. The second kappa shape index (κ2) is 5.01. The molecule has 2 aromatic rings. The lowest BCUT2D eigenvalue weighted by molar-refractivity contribution is -0.121. The molecule has 0 saturated heterocycles. The standard InChI is InChI=1S/C14H14N2O2S/c1-9-7-15-14(19-9)16-13(17)11-6-10-4-2-3-5-12(10)18-8-11/h2-5,7,11H,6,8H2,1H3,(H,15,16,17)/t11-/m1/s1. The van der Waals surface area contributed by atoms with Crippen molar-refractivity contribution in [2.75, 3.05) is 11.9 Å². The van der Waals surface area contributed by atoms with Crippen molar-refractivity contribution in [3.63, 3.8) is 0 Å². The monoisotopic (exact) mass is 274 g/mol. The molecule has 1 N–H and O–H groups in total. The van der Waals surface area contributed by atoms with Gasteiger partial charge in [-0.15, -0.1) is 11.3 Å². The number of aromatic nitrogens is 1. The van der Waals surface area contributed by atoms with Crippen molar-refractivity contribution in [1.82, 2.24) is 4.98 Å². The fraction of sp³-hybridized carbons (Fsp3) is 0.286. The van der Waals surface area contributed by atoms with Gasteiger partial charge in [0.15, 0.2) is 5.13 Å². The molecular formula is C14H14N2O2S. The number of rotatable bonds is 2. The molecule has 5 heteroatoms. The first-order chi connectivity index (χ1) is 9.22. The summed E-state index contributed by atoms with van der Waals surface area (Å²) >= 11 is 1.48. The van der Waals surface area contributed by atoms with Crippen LogP contribution in [0.4, 0.5) is 5.13 Å². The molecule has 1 aliphatic heterocycles. The fourth-order valence-electron chi connectivity index (χ4n) is 2.12. The molecule has 1 atom stereocenters. The molecule has 98 valence electrons. The molecule has 0 bridgehead atoms. The minimum atomic E-state index is -0.154. The number of benzene rings is 1. The zero-order valence-electron chi connectivity index (χ0n) is 10.6. The quantitative estimate of drug-likeness (QED) is 0.916. The summed E-state index contributed by atoms with van der Waals surface area (Å²) in [5.74, 6) is 0.708. The Kier molecular flexibility index (Phi) is 3.21. The number of amides is 1. The van der Waals surface area contributed by atoms with Crippen LogP contribution in [0.2, 0.25) is 0 Å². The molecule has 0 fully saturated rings. The normalized spacial score (nSPS) is 17.4. The van der Waals surface area contributed by atoms with E-state index >= 15 is 0 Å². The number of para-hydroxylation sites is 1. The molecule has 0 saturated carbocycles. The van der Waals surface area contributed by atoms with Crippen LogP contribution in [-0.2, 0) is 11.2 Å². The van der Waals surface area contributed by atoms with Crippen LogP contribution in [-0.4, -0.2) is 17.5 Å². The highest BCUT2D eigenvalue weighted by Crippen LogP contribution is 2.27. The first-order valence-corrected chi connectivity index (χ1v) is 6.98. The summed E-state index contributed by atoms with van der Waals surface area (Å²) in [7, 11) is 0. The Labute approximate surface area is 115 Å². The van der Waals surface area contributed by atoms with Crippen LogP contribution in [0.15, 0.2) is 30.5 Å². The van der Waals surface area contributed by atoms with Crippen molar-refractivity contribution in [2.45, 2.75) is 13.3 Å². The predicted molar refractivity (Wildman–Crippen MR) is 74.6 cm³/mol. The number of hydrogen-bond acceptors (Lipinski definition) is 4. The van der Waals surface area contributed by atoms with E-state index in [2.05, 4.69) is 10.3 Å². The van der Waals surface area contributed by atoms with Crippen molar-refractivity contribution in [3.8, 4) is 5.75 Å². The van der Waals surface area contributed by atoms with Gasteiger partial charge in [-0.05, 0) is 25.0 Å². The fourth-order valence-corrected chi connectivity index (χ4v) is 2.78. The summed E-state index contributed by atoms with van der Waals surface area (Å²) in [5, 5.41) is 3.51. The third-order valence-electron chi connectivity index (χ3n) is 3.10. The molecule has 0 unspecified atom stereocenters. The minimum absolute atomic E-state index is 0.0242. The highest BCUT2D eigenvalue weighted by molar-refractivity contribution is 7.15. The lowest BCUT2D eigenvalue weighted by atomic mass is 9.96. The van der Waals surface area contributed by atoms with Gasteiger partial charge in [-0.1, -0.05) is 18.2 Å². The highest BCUT2D eigenvalue weighted by atomic mass is 32.1. The summed E-state index contributed by atoms with van der Waals surface area (Å²) in [4.78, 5) is 17.4. The Bertz CT molecular complexity index is 609. The molecule has 0 aliphatic carbocycles. The zero-order valence-corrected chi connectivity index (χ0v) is 11.4. The average Bonchev–Trinajstić information content (AvgIpc) is 2.83. The highest BCUT2D eigenvalue weighted by Gasteiger charge is 2.26. The maximum Gasteiger partial charge on any atom is 0.233 e. The maximum absolute atomic E-state index is 12.2. The van der Waals surface area contributed by atoms with Gasteiger partial charge in [-0.3, -0.25) is 4.79 Å². The smallest absolute Gasteiger partial charge is 0.233 e. The minimum Gasteiger partial charge on any atom is -0.492 e. The lowest BCUT2D eigenvalue weighted by Gasteiger charge is -2.24. The van der Waals surface area contributed by atoms with Crippen LogP contribution in [0.25, 0.3) is 0 Å². The number of nitrogens with zero attached hydrogens (tertiary/aromatic N) is 1. The maximum atomic E-state index is 12.2. The lowest BCUT2D eigenvalue weighted by Crippen LogP contribution is -2.32. The van der Waals surface area contributed by atoms with Crippen LogP contribution < -0.4 is 10.1 Å². The van der Waals surface area contributed by atoms with E-state index < -0.39 is 0 Å². The third-order valence-corrected chi connectivity index (χ3v) is 3.93. The molecule has 3 rings (SSSR count). The number of nitrogens with one attached hydrogen (secondary N) is 1. The van der Waals surface area contributed by atoms with Gasteiger partial charge in [-0.2, -0.15) is 0 Å². The van der Waals surface area contributed by atoms with Crippen molar-refractivity contribution in [1.29, 1.82) is 0 Å². The van der Waals surface area contributed by atoms with Crippen LogP contribution in [0.5, 0.6) is 5.75 Å². The van der Waals surface area contributed by atoms with Crippen LogP contribution in [0.1, 0.15) is 10.4 Å². The van der Waals surface area contributed by atoms with Crippen LogP contribution in [0, 0.1) is 12.8 Å². The first-order valence-electron chi connectivity index (χ1n) is 6.16. The van der Waals surface area contributed by atoms with Gasteiger partial charge < -0.3 is 10.1 Å². The van der Waals surface area contributed by atoms with Gasteiger partial charge in [0.05, 0.1) is 5.92 Å². The number of thiazole rings is 1. The number of aryl methyl sites for hydroxylation is 1. The van der Waals surface area contributed by atoms with Crippen molar-refractivity contribution >= 4 is 22.4 Å². The van der Waals surface area contributed by atoms with Crippen molar-refractivity contribution < 1.29 is 9.53 Å². The van der Waals surface area contributed by atoms with Crippen molar-refractivity contribution in [3.05, 3.63) is 40.9 Å². The number of fused-ring (bicyclic) bond motifs is 1. The summed E-state index contributed by atoms with van der Waals surface area (Å²) in [5.41, 5.74) is 1.09. The van der Waals surface area contributed by atoms with Gasteiger partial charge >= 0.3 is 0 Å². The SMILES string of the molecule is Cc1cnc(NC(=O)[C@H]2COc3ccccc3C2)s1. The Morgan fingerprint density at radius 2 is 2.32 bits per heavy atom. The van der Waals surface area contributed by atoms with Gasteiger partial charge in [0.1, 0.15) is 12.4 Å². The van der Waals surface area contributed by atoms with Crippen molar-refractivity contribution in [2.24, 2.45) is 5.92 Å². The Balaban J connectivity index is 1.69. The first kappa shape index (κ1) is 12.2. The third kappa shape index (κ3) is 2.61. The van der Waals surface area contributed by atoms with E-state index in [-0.39, 0.29) is 11.8 Å². The molecule has 19 heavy (non-hydrogen) atoms. The topological polar surface area (TPSA) is 51.2 Å². The molecule has 0 radical (unpaired) electrons. The molecule has 4 nitrogen and oxygen atoms in total. The largest absolute Gasteiger partial charge is 0.492 e. The summed E-state index contributed by atoms with van der Waals surface area (Å²) in [6.45, 7) is 2.39. The van der Waals surface area contributed by atoms with E-state index in [0.717, 1.165) is 16.2 Å². The number of carbonyl (C=O) groups excluding carboxylic acids is 1. The van der Waals surface area contributed by atoms with Gasteiger partial charge in [0.25, 0.3) is 0 Å². The summed E-state index contributed by atoms with van der Waals surface area (Å²) < 4.78 is 5.62. The Hall–Kier alpha value is -1.88. The van der Waals surface area contributed by atoms with E-state index in [1.807, 2.05) is 31.2 Å². The number of anilines is 1. The molecule has 2 heterocycles. The number of ether oxygens (including phenoxy) is 1. The average molecular weight is 274 g/mol. The van der Waals surface area contributed by atoms with E-state index in [1.54, 1.807) is 6.20 Å². The Morgan fingerprint density at radius 3 is 3.11 bits per heavy atom. The van der Waals surface area contributed by atoms with E-state index in [1.165, 1.54) is 11.3 Å². The van der Waals surface area contributed by atoms with E-state index in [9.17, 15) is 4.79 Å². The number of carbonyl (C=O) groups is 1. The number of hydrogen-bond donors (Lipinski definition) is 1. The van der Waals surface area contributed by atoms with E-state index in [0.29, 0.717) is 18.2 Å². The zero-order chi connectivity index (χ0) is 13.2.